The van der Waals surface area contributed by atoms with Gasteiger partial charge in [-0.15, -0.1) is 0 Å². The van der Waals surface area contributed by atoms with Gasteiger partial charge in [0.2, 0.25) is 5.92 Å². The Morgan fingerprint density at radius 1 is 1.15 bits per heavy atom. The summed E-state index contributed by atoms with van der Waals surface area (Å²) in [5.41, 5.74) is 0.728. The first-order valence-electron chi connectivity index (χ1n) is 9.20. The van der Waals surface area contributed by atoms with Crippen LogP contribution in [0.1, 0.15) is 38.5 Å². The number of ether oxygens (including phenoxy) is 1. The molecule has 2 aliphatic rings. The van der Waals surface area contributed by atoms with E-state index in [1.807, 2.05) is 6.07 Å². The van der Waals surface area contributed by atoms with Crippen molar-refractivity contribution >= 4 is 22.5 Å². The van der Waals surface area contributed by atoms with Gasteiger partial charge in [0.1, 0.15) is 18.0 Å². The van der Waals surface area contributed by atoms with Crippen LogP contribution in [0.15, 0.2) is 18.6 Å². The van der Waals surface area contributed by atoms with Gasteiger partial charge < -0.3 is 15.4 Å². The molecule has 2 N–H and O–H groups in total. The maximum Gasteiger partial charge on any atom is 0.248 e. The van der Waals surface area contributed by atoms with E-state index in [0.717, 1.165) is 36.2 Å². The Hall–Kier alpha value is -2.09. The molecule has 0 amide bonds. The molecule has 1 atom stereocenters. The standard InChI is InChI=1S/C18H23F2N5O/c19-18(20)5-3-12(4-6-18)25-17-14-8-16(21-9-13-2-1-7-26-13)22-10-15(14)23-11-24-17/h8,10-13H,1-7,9H2,(H,21,22)(H,23,24,25)/t13-/m0/s1. The maximum atomic E-state index is 13.4. The summed E-state index contributed by atoms with van der Waals surface area (Å²) in [5.74, 6) is -1.12. The minimum absolute atomic E-state index is 0.00388. The monoisotopic (exact) mass is 363 g/mol. The van der Waals surface area contributed by atoms with Crippen LogP contribution in [0.25, 0.3) is 10.9 Å². The third-order valence-electron chi connectivity index (χ3n) is 5.11. The van der Waals surface area contributed by atoms with E-state index in [9.17, 15) is 8.78 Å². The quantitative estimate of drug-likeness (QED) is 0.846. The maximum absolute atomic E-state index is 13.4. The van der Waals surface area contributed by atoms with Gasteiger partial charge in [0.25, 0.3) is 0 Å². The normalized spacial score (nSPS) is 23.2. The van der Waals surface area contributed by atoms with Gasteiger partial charge in [-0.2, -0.15) is 0 Å². The van der Waals surface area contributed by atoms with E-state index < -0.39 is 5.92 Å². The van der Waals surface area contributed by atoms with Crippen molar-refractivity contribution in [2.75, 3.05) is 23.8 Å². The lowest BCUT2D eigenvalue weighted by Crippen LogP contribution is -2.32. The first kappa shape index (κ1) is 17.3. The molecule has 0 radical (unpaired) electrons. The average molecular weight is 363 g/mol. The second-order valence-corrected chi connectivity index (χ2v) is 7.10. The Balaban J connectivity index is 1.48. The smallest absolute Gasteiger partial charge is 0.248 e. The molecule has 4 rings (SSSR count). The number of pyridine rings is 1. The van der Waals surface area contributed by atoms with Crippen LogP contribution in [-0.2, 0) is 4.74 Å². The number of hydrogen-bond donors (Lipinski definition) is 2. The molecule has 8 heteroatoms. The Labute approximate surface area is 150 Å². The molecule has 2 aromatic rings. The number of halogens is 2. The number of fused-ring (bicyclic) bond motifs is 1. The van der Waals surface area contributed by atoms with Crippen molar-refractivity contribution in [3.63, 3.8) is 0 Å². The summed E-state index contributed by atoms with van der Waals surface area (Å²) in [5, 5.41) is 7.47. The largest absolute Gasteiger partial charge is 0.376 e. The summed E-state index contributed by atoms with van der Waals surface area (Å²) in [6.45, 7) is 1.53. The van der Waals surface area contributed by atoms with E-state index in [1.165, 1.54) is 6.33 Å². The van der Waals surface area contributed by atoms with Gasteiger partial charge in [0.15, 0.2) is 0 Å². The molecular formula is C18H23F2N5O. The molecule has 1 aliphatic heterocycles. The van der Waals surface area contributed by atoms with E-state index in [1.54, 1.807) is 6.20 Å². The van der Waals surface area contributed by atoms with Gasteiger partial charge >= 0.3 is 0 Å². The highest BCUT2D eigenvalue weighted by atomic mass is 19.3. The lowest BCUT2D eigenvalue weighted by molar-refractivity contribution is -0.0361. The first-order valence-corrected chi connectivity index (χ1v) is 9.20. The van der Waals surface area contributed by atoms with Gasteiger partial charge in [0, 0.05) is 37.4 Å². The first-order chi connectivity index (χ1) is 12.6. The van der Waals surface area contributed by atoms with E-state index in [4.69, 9.17) is 4.74 Å². The predicted octanol–water partition coefficient (Wildman–Crippen LogP) is 3.61. The van der Waals surface area contributed by atoms with Gasteiger partial charge in [-0.25, -0.2) is 23.7 Å². The van der Waals surface area contributed by atoms with Gasteiger partial charge in [-0.1, -0.05) is 0 Å². The Kier molecular flexibility index (Phi) is 4.84. The highest BCUT2D eigenvalue weighted by Gasteiger charge is 2.35. The fraction of sp³-hybridized carbons (Fsp3) is 0.611. The van der Waals surface area contributed by atoms with Gasteiger partial charge in [-0.3, -0.25) is 0 Å². The van der Waals surface area contributed by atoms with Gasteiger partial charge in [-0.05, 0) is 31.7 Å². The summed E-state index contributed by atoms with van der Waals surface area (Å²) in [6, 6.07) is 1.91. The number of nitrogens with one attached hydrogen (secondary N) is 2. The number of hydrogen-bond acceptors (Lipinski definition) is 6. The molecule has 3 heterocycles. The minimum atomic E-state index is -2.53. The van der Waals surface area contributed by atoms with Crippen molar-refractivity contribution < 1.29 is 13.5 Å². The van der Waals surface area contributed by atoms with Crippen LogP contribution in [0, 0.1) is 0 Å². The number of alkyl halides is 2. The molecule has 26 heavy (non-hydrogen) atoms. The zero-order chi connectivity index (χ0) is 18.0. The van der Waals surface area contributed by atoms with Gasteiger partial charge in [0.05, 0.1) is 17.8 Å². The van der Waals surface area contributed by atoms with Crippen molar-refractivity contribution in [1.82, 2.24) is 15.0 Å². The SMILES string of the molecule is FC1(F)CCC(Nc2ncnc3cnc(NC[C@@H]4CCCO4)cc23)CC1. The van der Waals surface area contributed by atoms with Crippen LogP contribution in [0.4, 0.5) is 20.4 Å². The molecule has 0 aromatic carbocycles. The Morgan fingerprint density at radius 2 is 2.00 bits per heavy atom. The second kappa shape index (κ2) is 7.26. The summed E-state index contributed by atoms with van der Waals surface area (Å²) in [7, 11) is 0. The van der Waals surface area contributed by atoms with E-state index in [0.29, 0.717) is 25.2 Å². The van der Waals surface area contributed by atoms with Crippen molar-refractivity contribution in [2.24, 2.45) is 0 Å². The molecule has 2 fully saturated rings. The lowest BCUT2D eigenvalue weighted by Gasteiger charge is -2.29. The Morgan fingerprint density at radius 3 is 2.77 bits per heavy atom. The zero-order valence-electron chi connectivity index (χ0n) is 14.5. The molecule has 6 nitrogen and oxygen atoms in total. The second-order valence-electron chi connectivity index (χ2n) is 7.10. The van der Waals surface area contributed by atoms with Crippen LogP contribution in [0.2, 0.25) is 0 Å². The minimum Gasteiger partial charge on any atom is -0.376 e. The van der Waals surface area contributed by atoms with Crippen molar-refractivity contribution in [1.29, 1.82) is 0 Å². The molecule has 0 spiro atoms. The summed E-state index contributed by atoms with van der Waals surface area (Å²) in [6.07, 6.45) is 6.27. The third-order valence-corrected chi connectivity index (χ3v) is 5.11. The molecule has 0 bridgehead atoms. The molecular weight excluding hydrogens is 340 g/mol. The highest BCUT2D eigenvalue weighted by Crippen LogP contribution is 2.34. The van der Waals surface area contributed by atoms with Crippen LogP contribution in [0.5, 0.6) is 0 Å². The predicted molar refractivity (Wildman–Crippen MR) is 95.6 cm³/mol. The molecule has 0 unspecified atom stereocenters. The summed E-state index contributed by atoms with van der Waals surface area (Å²) >= 11 is 0. The lowest BCUT2D eigenvalue weighted by atomic mass is 9.92. The molecule has 1 saturated heterocycles. The Bertz CT molecular complexity index is 756. The molecule has 1 aliphatic carbocycles. The molecule has 2 aromatic heterocycles. The van der Waals surface area contributed by atoms with E-state index in [-0.39, 0.29) is 25.0 Å². The van der Waals surface area contributed by atoms with Crippen molar-refractivity contribution in [3.8, 4) is 0 Å². The third kappa shape index (κ3) is 4.00. The number of nitrogens with zero attached hydrogens (tertiary/aromatic N) is 3. The highest BCUT2D eigenvalue weighted by molar-refractivity contribution is 5.90. The molecule has 1 saturated carbocycles. The van der Waals surface area contributed by atoms with E-state index >= 15 is 0 Å². The topological polar surface area (TPSA) is 72.0 Å². The summed E-state index contributed by atoms with van der Waals surface area (Å²) < 4.78 is 32.3. The van der Waals surface area contributed by atoms with Crippen LogP contribution in [-0.4, -0.2) is 46.2 Å². The van der Waals surface area contributed by atoms with Crippen LogP contribution < -0.4 is 10.6 Å². The van der Waals surface area contributed by atoms with E-state index in [2.05, 4.69) is 25.6 Å². The number of aromatic nitrogens is 3. The fourth-order valence-electron chi connectivity index (χ4n) is 3.57. The fourth-order valence-corrected chi connectivity index (χ4v) is 3.57. The number of rotatable bonds is 5. The average Bonchev–Trinajstić information content (AvgIpc) is 3.15. The van der Waals surface area contributed by atoms with Crippen molar-refractivity contribution in [2.45, 2.75) is 56.6 Å². The molecule has 140 valence electrons. The van der Waals surface area contributed by atoms with Crippen LogP contribution in [0.3, 0.4) is 0 Å². The number of anilines is 2. The van der Waals surface area contributed by atoms with Crippen molar-refractivity contribution in [3.05, 3.63) is 18.6 Å². The van der Waals surface area contributed by atoms with Crippen LogP contribution >= 0.6 is 0 Å². The summed E-state index contributed by atoms with van der Waals surface area (Å²) in [4.78, 5) is 13.0. The zero-order valence-corrected chi connectivity index (χ0v) is 14.5.